The molecule has 0 aliphatic carbocycles. The maximum atomic E-state index is 10.9. The summed E-state index contributed by atoms with van der Waals surface area (Å²) in [5.41, 5.74) is 2.99. The lowest BCUT2D eigenvalue weighted by Gasteiger charge is -2.11. The van der Waals surface area contributed by atoms with Crippen molar-refractivity contribution >= 4 is 17.6 Å². The van der Waals surface area contributed by atoms with E-state index in [9.17, 15) is 4.79 Å². The largest absolute Gasteiger partial charge is 0.478 e. The van der Waals surface area contributed by atoms with Crippen molar-refractivity contribution in [3.8, 4) is 11.1 Å². The number of para-hydroxylation sites is 1. The quantitative estimate of drug-likeness (QED) is 0.768. The van der Waals surface area contributed by atoms with Crippen LogP contribution < -0.4 is 5.32 Å². The summed E-state index contributed by atoms with van der Waals surface area (Å²) in [6, 6.07) is 16.2. The van der Waals surface area contributed by atoms with Gasteiger partial charge >= 0.3 is 5.97 Å². The van der Waals surface area contributed by atoms with Gasteiger partial charge in [-0.05, 0) is 29.8 Å². The summed E-state index contributed by atoms with van der Waals surface area (Å²) in [7, 11) is 0. The summed E-state index contributed by atoms with van der Waals surface area (Å²) in [5.74, 6) is -0.423. The first-order chi connectivity index (χ1) is 10.7. The molecule has 2 N–H and O–H groups in total. The standard InChI is InChI=1S/C17H13N3O2/c21-16(22)13-8-6-12(7-9-13)14-4-1-2-5-15(14)20-17-18-10-3-11-19-17/h1-11H,(H,21,22)(H,18,19,20). The maximum Gasteiger partial charge on any atom is 0.335 e. The Balaban J connectivity index is 1.95. The molecule has 0 aliphatic rings. The maximum absolute atomic E-state index is 10.9. The number of aromatic carboxylic acids is 1. The van der Waals surface area contributed by atoms with Crippen LogP contribution in [-0.4, -0.2) is 21.0 Å². The third-order valence-electron chi connectivity index (χ3n) is 3.18. The van der Waals surface area contributed by atoms with Gasteiger partial charge in [0.05, 0.1) is 5.56 Å². The van der Waals surface area contributed by atoms with Gasteiger partial charge < -0.3 is 10.4 Å². The Labute approximate surface area is 127 Å². The minimum atomic E-state index is -0.935. The minimum Gasteiger partial charge on any atom is -0.478 e. The first kappa shape index (κ1) is 13.8. The molecule has 5 nitrogen and oxygen atoms in total. The molecule has 0 amide bonds. The second kappa shape index (κ2) is 6.05. The zero-order chi connectivity index (χ0) is 15.4. The number of carboxylic acids is 1. The van der Waals surface area contributed by atoms with E-state index in [1.807, 2.05) is 24.3 Å². The summed E-state index contributed by atoms with van der Waals surface area (Å²) in [6.45, 7) is 0. The number of carbonyl (C=O) groups is 1. The van der Waals surface area contributed by atoms with Crippen LogP contribution in [0.1, 0.15) is 10.4 Å². The second-order valence-corrected chi connectivity index (χ2v) is 4.63. The molecule has 1 heterocycles. The van der Waals surface area contributed by atoms with Crippen LogP contribution in [0.5, 0.6) is 0 Å². The monoisotopic (exact) mass is 291 g/mol. The predicted octanol–water partition coefficient (Wildman–Crippen LogP) is 3.59. The molecule has 0 unspecified atom stereocenters. The van der Waals surface area contributed by atoms with Gasteiger partial charge in [0.1, 0.15) is 0 Å². The SMILES string of the molecule is O=C(O)c1ccc(-c2ccccc2Nc2ncccn2)cc1. The van der Waals surface area contributed by atoms with Crippen molar-refractivity contribution in [2.24, 2.45) is 0 Å². The molecule has 5 heteroatoms. The third-order valence-corrected chi connectivity index (χ3v) is 3.18. The van der Waals surface area contributed by atoms with Gasteiger partial charge in [-0.25, -0.2) is 14.8 Å². The number of rotatable bonds is 4. The summed E-state index contributed by atoms with van der Waals surface area (Å²) in [4.78, 5) is 19.2. The fraction of sp³-hybridized carbons (Fsp3) is 0. The van der Waals surface area contributed by atoms with E-state index in [1.54, 1.807) is 42.7 Å². The molecule has 1 aromatic heterocycles. The number of hydrogen-bond donors (Lipinski definition) is 2. The minimum absolute atomic E-state index is 0.264. The Bertz CT molecular complexity index is 787. The summed E-state index contributed by atoms with van der Waals surface area (Å²) in [5, 5.41) is 12.1. The molecule has 2 aromatic carbocycles. The van der Waals surface area contributed by atoms with E-state index in [4.69, 9.17) is 5.11 Å². The first-order valence-corrected chi connectivity index (χ1v) is 6.71. The highest BCUT2D eigenvalue weighted by Gasteiger charge is 2.07. The summed E-state index contributed by atoms with van der Waals surface area (Å²) >= 11 is 0. The van der Waals surface area contributed by atoms with Gasteiger partial charge in [0.15, 0.2) is 0 Å². The number of nitrogens with one attached hydrogen (secondary N) is 1. The highest BCUT2D eigenvalue weighted by atomic mass is 16.4. The smallest absolute Gasteiger partial charge is 0.335 e. The normalized spacial score (nSPS) is 10.2. The van der Waals surface area contributed by atoms with Crippen molar-refractivity contribution in [3.63, 3.8) is 0 Å². The predicted molar refractivity (Wildman–Crippen MR) is 84.2 cm³/mol. The van der Waals surface area contributed by atoms with E-state index < -0.39 is 5.97 Å². The van der Waals surface area contributed by atoms with Crippen molar-refractivity contribution in [1.29, 1.82) is 0 Å². The van der Waals surface area contributed by atoms with Gasteiger partial charge in [-0.15, -0.1) is 0 Å². The van der Waals surface area contributed by atoms with E-state index in [0.717, 1.165) is 16.8 Å². The molecule has 0 bridgehead atoms. The molecule has 108 valence electrons. The molecule has 0 saturated heterocycles. The van der Waals surface area contributed by atoms with Crippen LogP contribution in [0.15, 0.2) is 67.0 Å². The molecule has 0 radical (unpaired) electrons. The number of anilines is 2. The van der Waals surface area contributed by atoms with Crippen LogP contribution in [0.2, 0.25) is 0 Å². The molecule has 3 aromatic rings. The summed E-state index contributed by atoms with van der Waals surface area (Å²) in [6.07, 6.45) is 3.33. The molecule has 0 spiro atoms. The average Bonchev–Trinajstić information content (AvgIpc) is 2.56. The van der Waals surface area contributed by atoms with E-state index in [1.165, 1.54) is 0 Å². The first-order valence-electron chi connectivity index (χ1n) is 6.71. The van der Waals surface area contributed by atoms with Crippen LogP contribution in [0.3, 0.4) is 0 Å². The molecule has 0 aliphatic heterocycles. The average molecular weight is 291 g/mol. The van der Waals surface area contributed by atoms with Crippen molar-refractivity contribution < 1.29 is 9.90 Å². The lowest BCUT2D eigenvalue weighted by molar-refractivity contribution is 0.0697. The Kier molecular flexibility index (Phi) is 3.78. The molecular weight excluding hydrogens is 278 g/mol. The van der Waals surface area contributed by atoms with Gasteiger partial charge in [0, 0.05) is 23.6 Å². The summed E-state index contributed by atoms with van der Waals surface area (Å²) < 4.78 is 0. The second-order valence-electron chi connectivity index (χ2n) is 4.63. The molecular formula is C17H13N3O2. The van der Waals surface area contributed by atoms with E-state index in [2.05, 4.69) is 15.3 Å². The fourth-order valence-corrected chi connectivity index (χ4v) is 2.12. The molecule has 3 rings (SSSR count). The highest BCUT2D eigenvalue weighted by Crippen LogP contribution is 2.29. The van der Waals surface area contributed by atoms with Crippen molar-refractivity contribution in [2.75, 3.05) is 5.32 Å². The van der Waals surface area contributed by atoms with Crippen molar-refractivity contribution in [1.82, 2.24) is 9.97 Å². The van der Waals surface area contributed by atoms with Crippen molar-refractivity contribution in [2.45, 2.75) is 0 Å². The van der Waals surface area contributed by atoms with E-state index in [-0.39, 0.29) is 5.56 Å². The van der Waals surface area contributed by atoms with Crippen LogP contribution in [-0.2, 0) is 0 Å². The topological polar surface area (TPSA) is 75.1 Å². The van der Waals surface area contributed by atoms with Gasteiger partial charge in [0.25, 0.3) is 0 Å². The molecule has 0 atom stereocenters. The third kappa shape index (κ3) is 2.93. The Hall–Kier alpha value is -3.21. The number of hydrogen-bond acceptors (Lipinski definition) is 4. The van der Waals surface area contributed by atoms with Crippen LogP contribution in [0, 0.1) is 0 Å². The van der Waals surface area contributed by atoms with E-state index >= 15 is 0 Å². The zero-order valence-corrected chi connectivity index (χ0v) is 11.6. The lowest BCUT2D eigenvalue weighted by Crippen LogP contribution is -1.98. The van der Waals surface area contributed by atoms with Gasteiger partial charge in [0.2, 0.25) is 5.95 Å². The highest BCUT2D eigenvalue weighted by molar-refractivity contribution is 5.89. The van der Waals surface area contributed by atoms with Gasteiger partial charge in [-0.3, -0.25) is 0 Å². The van der Waals surface area contributed by atoms with Gasteiger partial charge in [-0.1, -0.05) is 30.3 Å². The Morgan fingerprint density at radius 2 is 1.59 bits per heavy atom. The Morgan fingerprint density at radius 3 is 2.27 bits per heavy atom. The number of aromatic nitrogens is 2. The van der Waals surface area contributed by atoms with Crippen LogP contribution in [0.4, 0.5) is 11.6 Å². The van der Waals surface area contributed by atoms with Crippen LogP contribution in [0.25, 0.3) is 11.1 Å². The van der Waals surface area contributed by atoms with Crippen molar-refractivity contribution in [3.05, 3.63) is 72.6 Å². The zero-order valence-electron chi connectivity index (χ0n) is 11.6. The number of benzene rings is 2. The van der Waals surface area contributed by atoms with Crippen LogP contribution >= 0.6 is 0 Å². The van der Waals surface area contributed by atoms with E-state index in [0.29, 0.717) is 5.95 Å². The molecule has 0 fully saturated rings. The number of nitrogens with zero attached hydrogens (tertiary/aromatic N) is 2. The fourth-order valence-electron chi connectivity index (χ4n) is 2.12. The lowest BCUT2D eigenvalue weighted by atomic mass is 10.0. The molecule has 0 saturated carbocycles. The Morgan fingerprint density at radius 1 is 0.909 bits per heavy atom. The number of carboxylic acid groups (broad SMARTS) is 1. The molecule has 22 heavy (non-hydrogen) atoms. The van der Waals surface area contributed by atoms with Gasteiger partial charge in [-0.2, -0.15) is 0 Å².